The molecular weight excluding hydrogens is 338 g/mol. The number of rotatable bonds is 5. The van der Waals surface area contributed by atoms with Crippen molar-refractivity contribution in [2.24, 2.45) is 0 Å². The lowest BCUT2D eigenvalue weighted by Gasteiger charge is -2.05. The first-order valence-electron chi connectivity index (χ1n) is 8.09. The van der Waals surface area contributed by atoms with E-state index in [4.69, 9.17) is 16.3 Å². The van der Waals surface area contributed by atoms with E-state index in [2.05, 4.69) is 9.97 Å². The summed E-state index contributed by atoms with van der Waals surface area (Å²) in [6, 6.07) is 9.13. The Morgan fingerprint density at radius 3 is 2.84 bits per heavy atom. The number of halogens is 1. The first-order chi connectivity index (χ1) is 12.1. The van der Waals surface area contributed by atoms with Gasteiger partial charge in [-0.2, -0.15) is 0 Å². The van der Waals surface area contributed by atoms with Crippen LogP contribution in [0.4, 0.5) is 0 Å². The standard InChI is InChI=1S/C19H18ClN3O2/c1-3-23-17-8-7-14(19(24)25-4-2)11-16(17)22-18(23)15(20)10-13-6-5-9-21-12-13/h5-12H,3-4H2,1-2H3. The first kappa shape index (κ1) is 17.2. The van der Waals surface area contributed by atoms with Gasteiger partial charge in [0, 0.05) is 18.9 Å². The number of nitrogens with zero attached hydrogens (tertiary/aromatic N) is 3. The number of carbonyl (C=O) groups excluding carboxylic acids is 1. The summed E-state index contributed by atoms with van der Waals surface area (Å²) in [5.74, 6) is 0.304. The van der Waals surface area contributed by atoms with Crippen LogP contribution in [-0.2, 0) is 11.3 Å². The second-order valence-corrected chi connectivity index (χ2v) is 5.79. The van der Waals surface area contributed by atoms with Crippen molar-refractivity contribution in [3.05, 3.63) is 59.7 Å². The van der Waals surface area contributed by atoms with Crippen LogP contribution in [0.1, 0.15) is 35.6 Å². The van der Waals surface area contributed by atoms with E-state index in [0.29, 0.717) is 35.1 Å². The van der Waals surface area contributed by atoms with E-state index in [1.807, 2.05) is 35.8 Å². The van der Waals surface area contributed by atoms with Crippen molar-refractivity contribution in [1.82, 2.24) is 14.5 Å². The van der Waals surface area contributed by atoms with E-state index in [1.54, 1.807) is 31.5 Å². The van der Waals surface area contributed by atoms with E-state index < -0.39 is 0 Å². The predicted octanol–water partition coefficient (Wildman–Crippen LogP) is 4.36. The molecule has 2 aromatic heterocycles. The van der Waals surface area contributed by atoms with Crippen molar-refractivity contribution in [3.8, 4) is 0 Å². The largest absolute Gasteiger partial charge is 0.462 e. The molecule has 0 fully saturated rings. The quantitative estimate of drug-likeness (QED) is 0.638. The van der Waals surface area contributed by atoms with Gasteiger partial charge in [-0.25, -0.2) is 9.78 Å². The highest BCUT2D eigenvalue weighted by Crippen LogP contribution is 2.26. The summed E-state index contributed by atoms with van der Waals surface area (Å²) in [4.78, 5) is 20.6. The van der Waals surface area contributed by atoms with Crippen LogP contribution in [0.15, 0.2) is 42.7 Å². The molecule has 0 saturated heterocycles. The molecule has 0 aliphatic carbocycles. The van der Waals surface area contributed by atoms with E-state index in [1.165, 1.54) is 0 Å². The molecule has 25 heavy (non-hydrogen) atoms. The maximum atomic E-state index is 11.9. The Labute approximate surface area is 150 Å². The van der Waals surface area contributed by atoms with Crippen LogP contribution in [0.25, 0.3) is 22.1 Å². The van der Waals surface area contributed by atoms with Gasteiger partial charge in [0.05, 0.1) is 28.2 Å². The Morgan fingerprint density at radius 2 is 2.16 bits per heavy atom. The fraction of sp³-hybridized carbons (Fsp3) is 0.211. The number of aromatic nitrogens is 3. The summed E-state index contributed by atoms with van der Waals surface area (Å²) in [5, 5.41) is 0.517. The molecule has 128 valence electrons. The van der Waals surface area contributed by atoms with Gasteiger partial charge in [0.2, 0.25) is 0 Å². The third-order valence-electron chi connectivity index (χ3n) is 3.77. The molecule has 1 aromatic carbocycles. The molecule has 0 bridgehead atoms. The molecule has 0 aliphatic rings. The van der Waals surface area contributed by atoms with Crippen LogP contribution in [0.3, 0.4) is 0 Å². The molecule has 0 atom stereocenters. The lowest BCUT2D eigenvalue weighted by molar-refractivity contribution is 0.0526. The summed E-state index contributed by atoms with van der Waals surface area (Å²) < 4.78 is 7.06. The van der Waals surface area contributed by atoms with Crippen molar-refractivity contribution in [2.75, 3.05) is 6.61 Å². The molecule has 0 unspecified atom stereocenters. The molecule has 0 N–H and O–H groups in total. The minimum Gasteiger partial charge on any atom is -0.462 e. The summed E-state index contributed by atoms with van der Waals surface area (Å²) in [7, 11) is 0. The second kappa shape index (κ2) is 7.49. The Kier molecular flexibility index (Phi) is 5.14. The van der Waals surface area contributed by atoms with Crippen molar-refractivity contribution >= 4 is 39.7 Å². The molecule has 0 amide bonds. The van der Waals surface area contributed by atoms with Crippen molar-refractivity contribution < 1.29 is 9.53 Å². The molecule has 2 heterocycles. The Bertz CT molecular complexity index is 932. The number of pyridine rings is 1. The van der Waals surface area contributed by atoms with Crippen LogP contribution in [0, 0.1) is 0 Å². The van der Waals surface area contributed by atoms with Crippen molar-refractivity contribution in [2.45, 2.75) is 20.4 Å². The van der Waals surface area contributed by atoms with E-state index in [9.17, 15) is 4.79 Å². The molecule has 3 aromatic rings. The maximum Gasteiger partial charge on any atom is 0.338 e. The highest BCUT2D eigenvalue weighted by Gasteiger charge is 2.15. The van der Waals surface area contributed by atoms with Crippen LogP contribution in [-0.4, -0.2) is 27.1 Å². The van der Waals surface area contributed by atoms with E-state index >= 15 is 0 Å². The number of esters is 1. The van der Waals surface area contributed by atoms with Gasteiger partial charge in [-0.1, -0.05) is 17.7 Å². The molecule has 0 spiro atoms. The summed E-state index contributed by atoms with van der Waals surface area (Å²) in [6.07, 6.45) is 5.28. The smallest absolute Gasteiger partial charge is 0.338 e. The highest BCUT2D eigenvalue weighted by atomic mass is 35.5. The zero-order chi connectivity index (χ0) is 17.8. The minimum atomic E-state index is -0.353. The lowest BCUT2D eigenvalue weighted by Crippen LogP contribution is -2.04. The van der Waals surface area contributed by atoms with Crippen LogP contribution < -0.4 is 0 Å². The average molecular weight is 356 g/mol. The third-order valence-corrected chi connectivity index (χ3v) is 4.05. The number of ether oxygens (including phenoxy) is 1. The van der Waals surface area contributed by atoms with Crippen molar-refractivity contribution in [3.63, 3.8) is 0 Å². The van der Waals surface area contributed by atoms with Gasteiger partial charge in [0.15, 0.2) is 5.82 Å². The molecule has 6 heteroatoms. The van der Waals surface area contributed by atoms with Crippen molar-refractivity contribution in [1.29, 1.82) is 0 Å². The van der Waals surface area contributed by atoms with Gasteiger partial charge in [-0.05, 0) is 49.8 Å². The minimum absolute atomic E-state index is 0.338. The third kappa shape index (κ3) is 3.56. The van der Waals surface area contributed by atoms with E-state index in [0.717, 1.165) is 11.1 Å². The number of benzene rings is 1. The number of hydrogen-bond donors (Lipinski definition) is 0. The number of aryl methyl sites for hydroxylation is 1. The molecule has 0 saturated carbocycles. The van der Waals surface area contributed by atoms with Gasteiger partial charge in [-0.15, -0.1) is 0 Å². The fourth-order valence-corrected chi connectivity index (χ4v) is 2.92. The molecule has 0 aliphatic heterocycles. The van der Waals surface area contributed by atoms with Gasteiger partial charge in [0.25, 0.3) is 0 Å². The lowest BCUT2D eigenvalue weighted by atomic mass is 10.2. The van der Waals surface area contributed by atoms with Gasteiger partial charge >= 0.3 is 5.97 Å². The molecule has 3 rings (SSSR count). The second-order valence-electron chi connectivity index (χ2n) is 5.38. The number of hydrogen-bond acceptors (Lipinski definition) is 4. The predicted molar refractivity (Wildman–Crippen MR) is 99.3 cm³/mol. The van der Waals surface area contributed by atoms with Crippen LogP contribution in [0.2, 0.25) is 0 Å². The topological polar surface area (TPSA) is 57.0 Å². The normalized spacial score (nSPS) is 11.7. The number of imidazole rings is 1. The average Bonchev–Trinajstić information content (AvgIpc) is 3.00. The zero-order valence-corrected chi connectivity index (χ0v) is 14.8. The van der Waals surface area contributed by atoms with Crippen LogP contribution >= 0.6 is 11.6 Å². The first-order valence-corrected chi connectivity index (χ1v) is 8.46. The van der Waals surface area contributed by atoms with Crippen LogP contribution in [0.5, 0.6) is 0 Å². The summed E-state index contributed by atoms with van der Waals surface area (Å²) >= 11 is 6.51. The Balaban J connectivity index is 2.06. The SMILES string of the molecule is CCOC(=O)c1ccc2c(c1)nc(C(Cl)=Cc1cccnc1)n2CC. The molecular formula is C19H18ClN3O2. The number of fused-ring (bicyclic) bond motifs is 1. The van der Waals surface area contributed by atoms with Gasteiger partial charge < -0.3 is 9.30 Å². The van der Waals surface area contributed by atoms with E-state index in [-0.39, 0.29) is 5.97 Å². The maximum absolute atomic E-state index is 11.9. The summed E-state index contributed by atoms with van der Waals surface area (Å²) in [6.45, 7) is 4.86. The molecule has 5 nitrogen and oxygen atoms in total. The van der Waals surface area contributed by atoms with Gasteiger partial charge in [0.1, 0.15) is 0 Å². The van der Waals surface area contributed by atoms with Gasteiger partial charge in [-0.3, -0.25) is 4.98 Å². The summed E-state index contributed by atoms with van der Waals surface area (Å²) in [5.41, 5.74) is 3.01. The Morgan fingerprint density at radius 1 is 1.32 bits per heavy atom. The molecule has 0 radical (unpaired) electrons. The highest BCUT2D eigenvalue weighted by molar-refractivity contribution is 6.50. The number of carbonyl (C=O) groups is 1. The Hall–Kier alpha value is -2.66. The monoisotopic (exact) mass is 355 g/mol. The zero-order valence-electron chi connectivity index (χ0n) is 14.1. The fourth-order valence-electron chi connectivity index (χ4n) is 2.65.